The second-order valence-electron chi connectivity index (χ2n) is 4.10. The van der Waals surface area contributed by atoms with Crippen molar-refractivity contribution >= 4 is 5.78 Å². The maximum absolute atomic E-state index is 6.14. The lowest BCUT2D eigenvalue weighted by atomic mass is 10.2. The molecule has 1 aliphatic carbocycles. The topological polar surface area (TPSA) is 56.2 Å². The van der Waals surface area contributed by atoms with Crippen LogP contribution in [0.4, 0.5) is 0 Å². The Morgan fingerprint density at radius 3 is 2.79 bits per heavy atom. The van der Waals surface area contributed by atoms with E-state index in [1.165, 1.54) is 0 Å². The van der Waals surface area contributed by atoms with Crippen LogP contribution in [0.5, 0.6) is 0 Å². The maximum atomic E-state index is 6.14. The molecule has 0 bridgehead atoms. The molecule has 2 aromatic heterocycles. The van der Waals surface area contributed by atoms with Gasteiger partial charge in [-0.1, -0.05) is 0 Å². The molecule has 72 valence electrons. The summed E-state index contributed by atoms with van der Waals surface area (Å²) in [6, 6.07) is 0. The van der Waals surface area contributed by atoms with Gasteiger partial charge in [-0.2, -0.15) is 0 Å². The highest BCUT2D eigenvalue weighted by Gasteiger charge is 2.42. The minimum Gasteiger partial charge on any atom is -0.320 e. The third-order valence-electron chi connectivity index (χ3n) is 2.79. The largest absolute Gasteiger partial charge is 0.320 e. The van der Waals surface area contributed by atoms with Crippen LogP contribution in [-0.4, -0.2) is 14.4 Å². The molecule has 0 saturated heterocycles. The van der Waals surface area contributed by atoms with E-state index < -0.39 is 0 Å². The van der Waals surface area contributed by atoms with Crippen molar-refractivity contribution in [2.75, 3.05) is 0 Å². The fourth-order valence-corrected chi connectivity index (χ4v) is 1.73. The standard InChI is InChI=1S/C10H12N4/c1-7-4-12-9-13-5-8(14(9)6-7)10(11)2-3-10/h4-6H,2-3,11H2,1H3. The van der Waals surface area contributed by atoms with Crippen LogP contribution in [0.25, 0.3) is 5.78 Å². The van der Waals surface area contributed by atoms with Gasteiger partial charge in [0.2, 0.25) is 5.78 Å². The van der Waals surface area contributed by atoms with Crippen LogP contribution in [-0.2, 0) is 5.54 Å². The van der Waals surface area contributed by atoms with E-state index in [9.17, 15) is 0 Å². The van der Waals surface area contributed by atoms with Gasteiger partial charge in [0.15, 0.2) is 0 Å². The molecule has 2 aromatic rings. The first-order valence-corrected chi connectivity index (χ1v) is 4.78. The molecule has 1 aliphatic rings. The summed E-state index contributed by atoms with van der Waals surface area (Å²) in [7, 11) is 0. The molecule has 0 radical (unpaired) electrons. The number of rotatable bonds is 1. The van der Waals surface area contributed by atoms with Gasteiger partial charge >= 0.3 is 0 Å². The highest BCUT2D eigenvalue weighted by Crippen LogP contribution is 2.42. The summed E-state index contributed by atoms with van der Waals surface area (Å²) in [5, 5.41) is 0. The van der Waals surface area contributed by atoms with Gasteiger partial charge in [-0.05, 0) is 25.3 Å². The van der Waals surface area contributed by atoms with Crippen LogP contribution >= 0.6 is 0 Å². The number of aryl methyl sites for hydroxylation is 1. The Bertz CT molecular complexity index is 496. The van der Waals surface area contributed by atoms with E-state index in [1.807, 2.05) is 29.9 Å². The Morgan fingerprint density at radius 2 is 2.07 bits per heavy atom. The van der Waals surface area contributed by atoms with Crippen LogP contribution in [0, 0.1) is 6.92 Å². The summed E-state index contributed by atoms with van der Waals surface area (Å²) in [6.07, 6.45) is 7.80. The average molecular weight is 188 g/mol. The summed E-state index contributed by atoms with van der Waals surface area (Å²) in [5.74, 6) is 0.738. The van der Waals surface area contributed by atoms with E-state index in [-0.39, 0.29) is 5.54 Å². The lowest BCUT2D eigenvalue weighted by molar-refractivity contribution is 0.696. The first-order valence-electron chi connectivity index (χ1n) is 4.78. The van der Waals surface area contributed by atoms with Crippen molar-refractivity contribution in [3.05, 3.63) is 29.8 Å². The summed E-state index contributed by atoms with van der Waals surface area (Å²) in [6.45, 7) is 2.02. The van der Waals surface area contributed by atoms with Crippen molar-refractivity contribution in [1.29, 1.82) is 0 Å². The molecule has 1 fully saturated rings. The van der Waals surface area contributed by atoms with Gasteiger partial charge in [0.1, 0.15) is 0 Å². The monoisotopic (exact) mass is 188 g/mol. The molecule has 2 N–H and O–H groups in total. The zero-order valence-electron chi connectivity index (χ0n) is 8.07. The number of nitrogens with two attached hydrogens (primary N) is 1. The van der Waals surface area contributed by atoms with Gasteiger partial charge in [0, 0.05) is 12.4 Å². The molecule has 4 nitrogen and oxygen atoms in total. The van der Waals surface area contributed by atoms with E-state index in [4.69, 9.17) is 5.73 Å². The summed E-state index contributed by atoms with van der Waals surface area (Å²) >= 11 is 0. The first kappa shape index (κ1) is 7.94. The molecule has 0 atom stereocenters. The Kier molecular flexibility index (Phi) is 1.32. The molecule has 3 rings (SSSR count). The van der Waals surface area contributed by atoms with Crippen molar-refractivity contribution in [2.24, 2.45) is 5.73 Å². The Hall–Kier alpha value is -1.42. The number of hydrogen-bond acceptors (Lipinski definition) is 3. The van der Waals surface area contributed by atoms with Crippen molar-refractivity contribution < 1.29 is 0 Å². The van der Waals surface area contributed by atoms with Gasteiger partial charge in [-0.15, -0.1) is 0 Å². The van der Waals surface area contributed by atoms with E-state index in [2.05, 4.69) is 9.97 Å². The molecule has 0 unspecified atom stereocenters. The van der Waals surface area contributed by atoms with Crippen LogP contribution in [0.15, 0.2) is 18.6 Å². The highest BCUT2D eigenvalue weighted by atomic mass is 15.1. The van der Waals surface area contributed by atoms with Gasteiger partial charge < -0.3 is 5.73 Å². The Morgan fingerprint density at radius 1 is 1.36 bits per heavy atom. The predicted octanol–water partition coefficient (Wildman–Crippen LogP) is 0.986. The van der Waals surface area contributed by atoms with Crippen LogP contribution in [0.3, 0.4) is 0 Å². The summed E-state index contributed by atoms with van der Waals surface area (Å²) < 4.78 is 2.00. The van der Waals surface area contributed by atoms with Crippen LogP contribution in [0.1, 0.15) is 24.1 Å². The third-order valence-corrected chi connectivity index (χ3v) is 2.79. The molecular weight excluding hydrogens is 176 g/mol. The Labute approximate surface area is 81.8 Å². The normalized spacial score (nSPS) is 18.7. The first-order chi connectivity index (χ1) is 6.69. The highest BCUT2D eigenvalue weighted by molar-refractivity contribution is 5.36. The SMILES string of the molecule is Cc1cnc2ncc(C3(N)CC3)n2c1. The van der Waals surface area contributed by atoms with E-state index >= 15 is 0 Å². The van der Waals surface area contributed by atoms with Gasteiger partial charge in [0.25, 0.3) is 0 Å². The van der Waals surface area contributed by atoms with Gasteiger partial charge in [0.05, 0.1) is 17.4 Å². The smallest absolute Gasteiger partial charge is 0.233 e. The quantitative estimate of drug-likeness (QED) is 0.726. The lowest BCUT2D eigenvalue weighted by Gasteiger charge is -2.07. The molecule has 0 amide bonds. The third kappa shape index (κ3) is 0.974. The number of nitrogens with zero attached hydrogens (tertiary/aromatic N) is 3. The molecule has 0 aliphatic heterocycles. The summed E-state index contributed by atoms with van der Waals surface area (Å²) in [4.78, 5) is 8.48. The number of fused-ring (bicyclic) bond motifs is 1. The average Bonchev–Trinajstić information content (AvgIpc) is 2.77. The zero-order valence-corrected chi connectivity index (χ0v) is 8.07. The number of hydrogen-bond donors (Lipinski definition) is 1. The van der Waals surface area contributed by atoms with Gasteiger partial charge in [-0.25, -0.2) is 9.97 Å². The molecule has 0 spiro atoms. The molecule has 0 aromatic carbocycles. The van der Waals surface area contributed by atoms with E-state index in [0.717, 1.165) is 29.9 Å². The molecule has 4 heteroatoms. The maximum Gasteiger partial charge on any atom is 0.233 e. The fraction of sp³-hybridized carbons (Fsp3) is 0.400. The van der Waals surface area contributed by atoms with E-state index in [1.54, 1.807) is 0 Å². The van der Waals surface area contributed by atoms with Gasteiger partial charge in [-0.3, -0.25) is 4.40 Å². The number of imidazole rings is 1. The summed E-state index contributed by atoms with van der Waals surface area (Å²) in [5.41, 5.74) is 8.21. The predicted molar refractivity (Wildman–Crippen MR) is 52.8 cm³/mol. The fourth-order valence-electron chi connectivity index (χ4n) is 1.73. The Balaban J connectivity index is 2.29. The second kappa shape index (κ2) is 2.33. The molecule has 1 saturated carbocycles. The molecular formula is C10H12N4. The number of aromatic nitrogens is 3. The van der Waals surface area contributed by atoms with Crippen LogP contribution < -0.4 is 5.73 Å². The molecule has 14 heavy (non-hydrogen) atoms. The van der Waals surface area contributed by atoms with E-state index in [0.29, 0.717) is 0 Å². The van der Waals surface area contributed by atoms with Crippen LogP contribution in [0.2, 0.25) is 0 Å². The minimum absolute atomic E-state index is 0.144. The molecule has 2 heterocycles. The van der Waals surface area contributed by atoms with Crippen molar-refractivity contribution in [2.45, 2.75) is 25.3 Å². The zero-order chi connectivity index (χ0) is 9.76. The van der Waals surface area contributed by atoms with Crippen molar-refractivity contribution in [1.82, 2.24) is 14.4 Å². The minimum atomic E-state index is -0.144. The van der Waals surface area contributed by atoms with Crippen molar-refractivity contribution in [3.8, 4) is 0 Å². The lowest BCUT2D eigenvalue weighted by Crippen LogP contribution is -2.20. The van der Waals surface area contributed by atoms with Crippen molar-refractivity contribution in [3.63, 3.8) is 0 Å². The second-order valence-corrected chi connectivity index (χ2v) is 4.10.